The molecule has 2 aromatic carbocycles. The van der Waals surface area contributed by atoms with Crippen molar-refractivity contribution in [2.75, 3.05) is 0 Å². The number of rotatable bonds is 8. The van der Waals surface area contributed by atoms with Gasteiger partial charge >= 0.3 is 16.8 Å². The van der Waals surface area contributed by atoms with E-state index in [1.807, 2.05) is 12.4 Å². The Labute approximate surface area is 331 Å². The smallest absolute Gasteiger partial charge is 0.550 e. The van der Waals surface area contributed by atoms with E-state index in [9.17, 15) is 10.2 Å². The van der Waals surface area contributed by atoms with E-state index in [1.54, 1.807) is 0 Å². The minimum Gasteiger partial charge on any atom is -0.550 e. The largest absolute Gasteiger partial charge is 2.00 e. The number of hydrogen-bond donors (Lipinski definition) is 2. The number of phenols is 2. The maximum Gasteiger partial charge on any atom is 2.00 e. The normalized spacial score (nSPS) is 16.6. The fourth-order valence-corrected chi connectivity index (χ4v) is 6.39. The van der Waals surface area contributed by atoms with Gasteiger partial charge in [-0.15, -0.1) is 0 Å². The van der Waals surface area contributed by atoms with Gasteiger partial charge in [0, 0.05) is 35.5 Å². The predicted molar refractivity (Wildman–Crippen MR) is 211 cm³/mol. The van der Waals surface area contributed by atoms with Gasteiger partial charge in [0.05, 0.1) is 12.1 Å². The van der Waals surface area contributed by atoms with Crippen LogP contribution in [0.3, 0.4) is 0 Å². The van der Waals surface area contributed by atoms with Gasteiger partial charge in [0.15, 0.2) is 0 Å². The molecule has 0 heterocycles. The summed E-state index contributed by atoms with van der Waals surface area (Å²) in [6, 6.07) is 8.95. The summed E-state index contributed by atoms with van der Waals surface area (Å²) in [5.74, 6) is -1.44. The monoisotopic (exact) mass is 779 g/mol. The van der Waals surface area contributed by atoms with Gasteiger partial charge in [-0.25, -0.2) is 0 Å². The van der Waals surface area contributed by atoms with Crippen molar-refractivity contribution in [2.24, 2.45) is 31.6 Å². The third-order valence-corrected chi connectivity index (χ3v) is 7.93. The molecule has 0 spiro atoms. The van der Waals surface area contributed by atoms with Crippen LogP contribution in [0.2, 0.25) is 0 Å². The van der Waals surface area contributed by atoms with Crippen LogP contribution in [0.1, 0.15) is 156 Å². The van der Waals surface area contributed by atoms with E-state index in [-0.39, 0.29) is 50.5 Å². The zero-order valence-corrected chi connectivity index (χ0v) is 36.1. The number of nitrogens with zero attached hydrogens (tertiary/aromatic N) is 2. The van der Waals surface area contributed by atoms with Gasteiger partial charge in [-0.1, -0.05) is 95.2 Å². The number of carbonyl (C=O) groups excluding carboxylic acids is 2. The molecule has 2 unspecified atom stereocenters. The molecule has 1 aliphatic carbocycles. The molecule has 299 valence electrons. The Morgan fingerprint density at radius 2 is 0.906 bits per heavy atom. The molecule has 0 aromatic heterocycles. The molecule has 2 atom stereocenters. The van der Waals surface area contributed by atoms with Gasteiger partial charge in [0.25, 0.3) is 0 Å². The molecular formula is C44H68CoN2O6. The average molecular weight is 780 g/mol. The van der Waals surface area contributed by atoms with E-state index in [2.05, 4.69) is 107 Å². The van der Waals surface area contributed by atoms with Crippen molar-refractivity contribution in [2.45, 2.75) is 160 Å². The van der Waals surface area contributed by atoms with Crippen LogP contribution in [-0.2, 0) is 52.1 Å². The van der Waals surface area contributed by atoms with Crippen LogP contribution in [0.15, 0.2) is 34.3 Å². The molecule has 1 saturated carbocycles. The third-order valence-electron chi connectivity index (χ3n) is 7.93. The van der Waals surface area contributed by atoms with Crippen LogP contribution in [-0.4, -0.2) is 46.7 Å². The van der Waals surface area contributed by atoms with Crippen molar-refractivity contribution in [1.82, 2.24) is 0 Å². The van der Waals surface area contributed by atoms with E-state index < -0.39 is 11.9 Å². The first-order chi connectivity index (χ1) is 23.5. The number of hydrogen-bond acceptors (Lipinski definition) is 8. The SMILES string of the molecule is CC(=O)[O-].CC(=O)[O-].CC(C)(C)Cc1cc(C=NC2CCCC(N=Cc3cc(CC(C)(C)C)cc(CC(C)(C)C)c3O)C2)c(O)c(CC(C)(C)C)c1.[Co+2]. The maximum absolute atomic E-state index is 11.2. The van der Waals surface area contributed by atoms with Crippen molar-refractivity contribution in [3.63, 3.8) is 0 Å². The van der Waals surface area contributed by atoms with Crippen LogP contribution in [0.5, 0.6) is 11.5 Å². The van der Waals surface area contributed by atoms with E-state index in [1.165, 1.54) is 11.1 Å². The second kappa shape index (κ2) is 21.1. The topological polar surface area (TPSA) is 145 Å². The number of carboxylic acids is 2. The zero-order chi connectivity index (χ0) is 40.2. The van der Waals surface area contributed by atoms with E-state index in [0.29, 0.717) is 11.5 Å². The molecule has 1 aliphatic rings. The zero-order valence-electron chi connectivity index (χ0n) is 35.0. The minimum absolute atomic E-state index is 0. The van der Waals surface area contributed by atoms with Crippen LogP contribution in [0, 0.1) is 21.7 Å². The first-order valence-electron chi connectivity index (χ1n) is 18.6. The Bertz CT molecular complexity index is 1410. The van der Waals surface area contributed by atoms with Crippen LogP contribution in [0.4, 0.5) is 0 Å². The van der Waals surface area contributed by atoms with E-state index in [0.717, 1.165) is 87.5 Å². The Morgan fingerprint density at radius 1 is 0.623 bits per heavy atom. The number of phenolic OH excluding ortho intramolecular Hbond substituents is 2. The summed E-state index contributed by atoms with van der Waals surface area (Å²) in [6.45, 7) is 28.8. The molecule has 0 saturated heterocycles. The third kappa shape index (κ3) is 22.6. The Kier molecular flexibility index (Phi) is 19.8. The van der Waals surface area contributed by atoms with Crippen molar-refractivity contribution in [3.8, 4) is 11.5 Å². The molecule has 1 fully saturated rings. The fourth-order valence-electron chi connectivity index (χ4n) is 6.39. The van der Waals surface area contributed by atoms with Gasteiger partial charge in [0.2, 0.25) is 0 Å². The molecule has 0 bridgehead atoms. The molecule has 53 heavy (non-hydrogen) atoms. The minimum atomic E-state index is -1.08. The summed E-state index contributed by atoms with van der Waals surface area (Å²) < 4.78 is 0. The van der Waals surface area contributed by atoms with Gasteiger partial charge in [-0.2, -0.15) is 0 Å². The maximum atomic E-state index is 11.2. The van der Waals surface area contributed by atoms with Gasteiger partial charge in [0.1, 0.15) is 11.5 Å². The first kappa shape index (κ1) is 49.8. The summed E-state index contributed by atoms with van der Waals surface area (Å²) in [5, 5.41) is 40.3. The number of aliphatic carboxylic acids is 2. The Balaban J connectivity index is 0.00000272. The average Bonchev–Trinajstić information content (AvgIpc) is 2.91. The van der Waals surface area contributed by atoms with Crippen molar-refractivity contribution in [3.05, 3.63) is 57.6 Å². The summed E-state index contributed by atoms with van der Waals surface area (Å²) in [4.78, 5) is 27.8. The Hall–Kier alpha value is -3.17. The van der Waals surface area contributed by atoms with Crippen LogP contribution < -0.4 is 10.2 Å². The summed E-state index contributed by atoms with van der Waals surface area (Å²) in [5.41, 5.74) is 6.64. The van der Waals surface area contributed by atoms with Gasteiger partial charge < -0.3 is 30.0 Å². The molecule has 2 N–H and O–H groups in total. The van der Waals surface area contributed by atoms with Gasteiger partial charge in [-0.3, -0.25) is 9.98 Å². The number of aliphatic imine (C=N–C) groups is 2. The van der Waals surface area contributed by atoms with Crippen molar-refractivity contribution in [1.29, 1.82) is 0 Å². The second-order valence-corrected chi connectivity index (χ2v) is 19.3. The molecule has 1 radical (unpaired) electrons. The summed E-state index contributed by atoms with van der Waals surface area (Å²) in [7, 11) is 0. The molecule has 0 aliphatic heterocycles. The van der Waals surface area contributed by atoms with E-state index >= 15 is 0 Å². The molecule has 2 aromatic rings. The summed E-state index contributed by atoms with van der Waals surface area (Å²) >= 11 is 0. The quantitative estimate of drug-likeness (QED) is 0.262. The molecule has 8 nitrogen and oxygen atoms in total. The molecule has 0 amide bonds. The first-order valence-corrected chi connectivity index (χ1v) is 18.6. The van der Waals surface area contributed by atoms with Crippen LogP contribution in [0.25, 0.3) is 0 Å². The van der Waals surface area contributed by atoms with Crippen LogP contribution >= 0.6 is 0 Å². The number of aromatic hydroxyl groups is 2. The number of carbonyl (C=O) groups is 2. The van der Waals surface area contributed by atoms with Gasteiger partial charge in [-0.05, 0) is 121 Å². The summed E-state index contributed by atoms with van der Waals surface area (Å²) in [6.07, 6.45) is 11.4. The number of carboxylic acid groups (broad SMARTS) is 2. The molecular weight excluding hydrogens is 711 g/mol. The second-order valence-electron chi connectivity index (χ2n) is 19.3. The standard InChI is InChI=1S/C40H62N2O2.2C2H4O2.Co/c1-37(2,3)21-27-16-29(23-39(7,8)9)35(43)31(18-27)25-41-33-14-13-15-34(20-33)42-26-32-19-28(22-38(4,5)6)17-30(36(32)44)24-40(10,11)12;2*1-2(3)4;/h16-19,25-26,33-34,43-44H,13-15,20-24H2,1-12H3;2*1H3,(H,3,4);/q;;;+2/p-2. The van der Waals surface area contributed by atoms with Crippen molar-refractivity contribution >= 4 is 24.4 Å². The predicted octanol–water partition coefficient (Wildman–Crippen LogP) is 7.81. The Morgan fingerprint density at radius 3 is 1.17 bits per heavy atom. The van der Waals surface area contributed by atoms with E-state index in [4.69, 9.17) is 29.8 Å². The van der Waals surface area contributed by atoms with Crippen molar-refractivity contribution < 1.29 is 46.8 Å². The molecule has 3 rings (SSSR count). The fraction of sp³-hybridized carbons (Fsp3) is 0.636. The number of benzene rings is 2. The molecule has 9 heteroatoms.